The standard InChI is InChI=1S/C22H18OS2/c1-3-7-21-13-17(9-11-19(21)5-1)15-24-23-25-16-18-10-12-20-6-2-4-8-22(20)14-18/h1-14H,15-16H2. The summed E-state index contributed by atoms with van der Waals surface area (Å²) in [7, 11) is 0. The summed E-state index contributed by atoms with van der Waals surface area (Å²) < 4.78 is 5.70. The fourth-order valence-electron chi connectivity index (χ4n) is 2.88. The lowest BCUT2D eigenvalue weighted by molar-refractivity contribution is 0.755. The molecule has 124 valence electrons. The van der Waals surface area contributed by atoms with Crippen molar-refractivity contribution in [2.24, 2.45) is 0 Å². The average molecular weight is 363 g/mol. The molecular weight excluding hydrogens is 344 g/mol. The zero-order valence-corrected chi connectivity index (χ0v) is 15.4. The highest BCUT2D eigenvalue weighted by Crippen LogP contribution is 2.26. The van der Waals surface area contributed by atoms with Gasteiger partial charge in [0.1, 0.15) is 0 Å². The van der Waals surface area contributed by atoms with E-state index >= 15 is 0 Å². The SMILES string of the molecule is c1ccc2cc(CSOSCc3ccc4ccccc4c3)ccc2c1. The van der Waals surface area contributed by atoms with Crippen LogP contribution in [-0.2, 0) is 15.1 Å². The molecule has 0 N–H and O–H groups in total. The molecule has 0 spiro atoms. The first kappa shape index (κ1) is 16.5. The Morgan fingerprint density at radius 3 is 1.44 bits per heavy atom. The molecule has 4 aromatic carbocycles. The molecule has 4 rings (SSSR count). The number of benzene rings is 4. The number of hydrogen-bond donors (Lipinski definition) is 0. The first-order chi connectivity index (χ1) is 12.4. The summed E-state index contributed by atoms with van der Waals surface area (Å²) >= 11 is 3.00. The molecule has 0 fully saturated rings. The molecule has 1 nitrogen and oxygen atoms in total. The van der Waals surface area contributed by atoms with Crippen LogP contribution in [0.4, 0.5) is 0 Å². The third-order valence-electron chi connectivity index (χ3n) is 4.18. The maximum Gasteiger partial charge on any atom is 0.0461 e. The van der Waals surface area contributed by atoms with Crippen molar-refractivity contribution in [1.29, 1.82) is 0 Å². The molecule has 0 unspecified atom stereocenters. The molecule has 0 aromatic heterocycles. The second-order valence-electron chi connectivity index (χ2n) is 5.96. The summed E-state index contributed by atoms with van der Waals surface area (Å²) in [6.07, 6.45) is 0. The van der Waals surface area contributed by atoms with E-state index in [-0.39, 0.29) is 0 Å². The predicted octanol–water partition coefficient (Wildman–Crippen LogP) is 7.01. The topological polar surface area (TPSA) is 9.23 Å². The Kier molecular flexibility index (Phi) is 5.26. The van der Waals surface area contributed by atoms with Gasteiger partial charge in [0.2, 0.25) is 0 Å². The number of fused-ring (bicyclic) bond motifs is 2. The van der Waals surface area contributed by atoms with Crippen LogP contribution in [-0.4, -0.2) is 0 Å². The molecule has 0 aliphatic heterocycles. The fraction of sp³-hybridized carbons (Fsp3) is 0.0909. The molecule has 0 bridgehead atoms. The summed E-state index contributed by atoms with van der Waals surface area (Å²) in [5, 5.41) is 5.12. The van der Waals surface area contributed by atoms with E-state index < -0.39 is 0 Å². The normalized spacial score (nSPS) is 11.2. The zero-order valence-electron chi connectivity index (χ0n) is 13.7. The van der Waals surface area contributed by atoms with Gasteiger partial charge in [0.05, 0.1) is 0 Å². The van der Waals surface area contributed by atoms with Crippen LogP contribution in [0.15, 0.2) is 84.9 Å². The quantitative estimate of drug-likeness (QED) is 0.270. The molecule has 25 heavy (non-hydrogen) atoms. The monoisotopic (exact) mass is 362 g/mol. The summed E-state index contributed by atoms with van der Waals surface area (Å²) in [5.74, 6) is 1.71. The van der Waals surface area contributed by atoms with Gasteiger partial charge in [-0.2, -0.15) is 0 Å². The van der Waals surface area contributed by atoms with Crippen molar-refractivity contribution >= 4 is 45.6 Å². The lowest BCUT2D eigenvalue weighted by Crippen LogP contribution is -1.83. The van der Waals surface area contributed by atoms with Gasteiger partial charge in [0, 0.05) is 35.6 Å². The van der Waals surface area contributed by atoms with E-state index in [2.05, 4.69) is 84.9 Å². The second-order valence-corrected chi connectivity index (χ2v) is 7.55. The van der Waals surface area contributed by atoms with Crippen LogP contribution in [0.1, 0.15) is 11.1 Å². The number of rotatable bonds is 6. The molecule has 4 aromatic rings. The Morgan fingerprint density at radius 1 is 0.520 bits per heavy atom. The maximum atomic E-state index is 5.70. The lowest BCUT2D eigenvalue weighted by Gasteiger charge is -2.05. The summed E-state index contributed by atoms with van der Waals surface area (Å²) in [6, 6.07) is 30.1. The minimum Gasteiger partial charge on any atom is -0.247 e. The average Bonchev–Trinajstić information content (AvgIpc) is 2.67. The van der Waals surface area contributed by atoms with Crippen molar-refractivity contribution in [3.8, 4) is 0 Å². The van der Waals surface area contributed by atoms with Crippen LogP contribution in [0.5, 0.6) is 0 Å². The smallest absolute Gasteiger partial charge is 0.0461 e. The third kappa shape index (κ3) is 4.18. The highest BCUT2D eigenvalue weighted by atomic mass is 32.2. The van der Waals surface area contributed by atoms with E-state index in [9.17, 15) is 0 Å². The van der Waals surface area contributed by atoms with Gasteiger partial charge >= 0.3 is 0 Å². The van der Waals surface area contributed by atoms with Crippen molar-refractivity contribution < 1.29 is 3.63 Å². The van der Waals surface area contributed by atoms with E-state index in [0.717, 1.165) is 11.5 Å². The highest BCUT2D eigenvalue weighted by Gasteiger charge is 2.00. The Morgan fingerprint density at radius 2 is 0.960 bits per heavy atom. The van der Waals surface area contributed by atoms with E-state index in [1.807, 2.05) is 0 Å². The van der Waals surface area contributed by atoms with Crippen LogP contribution in [0.3, 0.4) is 0 Å². The van der Waals surface area contributed by atoms with Crippen molar-refractivity contribution in [3.05, 3.63) is 96.1 Å². The number of hydrogen-bond acceptors (Lipinski definition) is 3. The van der Waals surface area contributed by atoms with Crippen molar-refractivity contribution in [2.75, 3.05) is 0 Å². The minimum atomic E-state index is 0.857. The van der Waals surface area contributed by atoms with Gasteiger partial charge in [-0.3, -0.25) is 0 Å². The highest BCUT2D eigenvalue weighted by molar-refractivity contribution is 8.07. The van der Waals surface area contributed by atoms with Crippen LogP contribution >= 0.6 is 24.1 Å². The third-order valence-corrected chi connectivity index (χ3v) is 5.85. The Balaban J connectivity index is 1.28. The van der Waals surface area contributed by atoms with Gasteiger partial charge in [-0.25, -0.2) is 3.63 Å². The molecule has 0 aliphatic rings. The molecule has 3 heteroatoms. The molecular formula is C22H18OS2. The first-order valence-electron chi connectivity index (χ1n) is 8.25. The van der Waals surface area contributed by atoms with Gasteiger partial charge in [0.15, 0.2) is 0 Å². The largest absolute Gasteiger partial charge is 0.247 e. The molecule has 0 atom stereocenters. The van der Waals surface area contributed by atoms with E-state index in [1.54, 1.807) is 0 Å². The molecule has 0 heterocycles. The van der Waals surface area contributed by atoms with Crippen LogP contribution in [0, 0.1) is 0 Å². The predicted molar refractivity (Wildman–Crippen MR) is 112 cm³/mol. The molecule has 0 amide bonds. The van der Waals surface area contributed by atoms with Crippen LogP contribution in [0.25, 0.3) is 21.5 Å². The van der Waals surface area contributed by atoms with Gasteiger partial charge < -0.3 is 0 Å². The first-order valence-corrected chi connectivity index (χ1v) is 10.1. The molecule has 0 radical (unpaired) electrons. The molecule has 0 saturated carbocycles. The van der Waals surface area contributed by atoms with Crippen LogP contribution < -0.4 is 0 Å². The van der Waals surface area contributed by atoms with Crippen molar-refractivity contribution in [3.63, 3.8) is 0 Å². The van der Waals surface area contributed by atoms with Crippen molar-refractivity contribution in [1.82, 2.24) is 0 Å². The minimum absolute atomic E-state index is 0.857. The van der Waals surface area contributed by atoms with Gasteiger partial charge in [-0.15, -0.1) is 0 Å². The summed E-state index contributed by atoms with van der Waals surface area (Å²) in [5.41, 5.74) is 2.57. The Bertz CT molecular complexity index is 916. The molecule has 0 aliphatic carbocycles. The fourth-order valence-corrected chi connectivity index (χ4v) is 4.16. The maximum absolute atomic E-state index is 5.70. The van der Waals surface area contributed by atoms with Gasteiger partial charge in [-0.1, -0.05) is 84.9 Å². The van der Waals surface area contributed by atoms with E-state index in [4.69, 9.17) is 3.63 Å². The lowest BCUT2D eigenvalue weighted by atomic mass is 10.1. The summed E-state index contributed by atoms with van der Waals surface area (Å²) in [4.78, 5) is 0. The Labute approximate surface area is 156 Å². The van der Waals surface area contributed by atoms with E-state index in [0.29, 0.717) is 0 Å². The summed E-state index contributed by atoms with van der Waals surface area (Å²) in [6.45, 7) is 0. The van der Waals surface area contributed by atoms with Crippen molar-refractivity contribution in [2.45, 2.75) is 11.5 Å². The van der Waals surface area contributed by atoms with Gasteiger partial charge in [-0.05, 0) is 32.7 Å². The van der Waals surface area contributed by atoms with E-state index in [1.165, 1.54) is 56.8 Å². The molecule has 0 saturated heterocycles. The van der Waals surface area contributed by atoms with Crippen LogP contribution in [0.2, 0.25) is 0 Å². The Hall–Kier alpha value is -1.94. The zero-order chi connectivity index (χ0) is 16.9. The van der Waals surface area contributed by atoms with Gasteiger partial charge in [0.25, 0.3) is 0 Å². The second kappa shape index (κ2) is 7.96.